The number of anilines is 2. The molecule has 1 aromatic carbocycles. The summed E-state index contributed by atoms with van der Waals surface area (Å²) in [6, 6.07) is 9.96. The number of nitrogens with one attached hydrogen (secondary N) is 2. The van der Waals surface area contributed by atoms with Gasteiger partial charge < -0.3 is 20.5 Å². The molecule has 0 radical (unpaired) electrons. The van der Waals surface area contributed by atoms with Crippen molar-refractivity contribution in [2.24, 2.45) is 5.92 Å². The fraction of sp³-hybridized carbons (Fsp3) is 0.455. The second-order valence-corrected chi connectivity index (χ2v) is 7.91. The maximum Gasteiger partial charge on any atom is 0.290 e. The third-order valence-electron chi connectivity index (χ3n) is 5.23. The molecule has 2 fully saturated rings. The Labute approximate surface area is 176 Å². The van der Waals surface area contributed by atoms with Gasteiger partial charge in [0.25, 0.3) is 6.47 Å². The molecule has 2 aliphatic rings. The Morgan fingerprint density at radius 1 is 1.21 bits per heavy atom. The summed E-state index contributed by atoms with van der Waals surface area (Å²) in [5.74, 6) is 2.32. The smallest absolute Gasteiger partial charge is 0.290 e. The molecule has 1 saturated heterocycles. The van der Waals surface area contributed by atoms with E-state index < -0.39 is 0 Å². The molecule has 6 nitrogen and oxygen atoms in total. The van der Waals surface area contributed by atoms with E-state index in [9.17, 15) is 0 Å². The number of pyridine rings is 1. The number of carboxylic acid groups (broad SMARTS) is 1. The molecule has 1 saturated carbocycles. The fourth-order valence-corrected chi connectivity index (χ4v) is 3.76. The molecule has 29 heavy (non-hydrogen) atoms. The Morgan fingerprint density at radius 2 is 1.97 bits per heavy atom. The van der Waals surface area contributed by atoms with Crippen LogP contribution in [0.1, 0.15) is 42.7 Å². The van der Waals surface area contributed by atoms with Crippen molar-refractivity contribution in [2.45, 2.75) is 38.1 Å². The second kappa shape index (κ2) is 11.1. The van der Waals surface area contributed by atoms with Gasteiger partial charge in [-0.2, -0.15) is 0 Å². The minimum absolute atomic E-state index is 0.250. The summed E-state index contributed by atoms with van der Waals surface area (Å²) in [6.07, 6.45) is 6.94. The third kappa shape index (κ3) is 6.99. The highest BCUT2D eigenvalue weighted by atomic mass is 35.5. The molecule has 7 heteroatoms. The van der Waals surface area contributed by atoms with Crippen LogP contribution in [-0.4, -0.2) is 36.3 Å². The van der Waals surface area contributed by atoms with Gasteiger partial charge in [0.1, 0.15) is 5.82 Å². The van der Waals surface area contributed by atoms with E-state index in [1.54, 1.807) is 0 Å². The van der Waals surface area contributed by atoms with Crippen molar-refractivity contribution in [3.63, 3.8) is 0 Å². The monoisotopic (exact) mass is 417 g/mol. The molecule has 0 amide bonds. The zero-order chi connectivity index (χ0) is 20.5. The molecule has 2 aromatic rings. The van der Waals surface area contributed by atoms with Crippen molar-refractivity contribution in [3.8, 4) is 0 Å². The first-order chi connectivity index (χ1) is 14.2. The van der Waals surface area contributed by atoms with Crippen molar-refractivity contribution in [2.75, 3.05) is 25.1 Å². The molecule has 0 unspecified atom stereocenters. The van der Waals surface area contributed by atoms with Crippen LogP contribution in [0.2, 0.25) is 5.02 Å². The molecule has 3 N–H and O–H groups in total. The van der Waals surface area contributed by atoms with Gasteiger partial charge >= 0.3 is 0 Å². The van der Waals surface area contributed by atoms with Crippen molar-refractivity contribution in [3.05, 3.63) is 52.7 Å². The lowest BCUT2D eigenvalue weighted by atomic mass is 10.00. The van der Waals surface area contributed by atoms with Gasteiger partial charge in [-0.15, -0.1) is 0 Å². The highest BCUT2D eigenvalue weighted by Gasteiger charge is 2.26. The average Bonchev–Trinajstić information content (AvgIpc) is 3.56. The number of aromatic nitrogens is 1. The maximum atomic E-state index is 8.36. The van der Waals surface area contributed by atoms with Crippen LogP contribution in [0.15, 0.2) is 36.5 Å². The van der Waals surface area contributed by atoms with E-state index in [2.05, 4.69) is 21.7 Å². The highest BCUT2D eigenvalue weighted by molar-refractivity contribution is 6.30. The normalized spacial score (nSPS) is 16.6. The third-order valence-corrected chi connectivity index (χ3v) is 5.46. The Kier molecular flexibility index (Phi) is 8.28. The second-order valence-electron chi connectivity index (χ2n) is 7.47. The molecule has 156 valence electrons. The van der Waals surface area contributed by atoms with Crippen LogP contribution in [0, 0.1) is 5.92 Å². The summed E-state index contributed by atoms with van der Waals surface area (Å²) in [7, 11) is 0. The Morgan fingerprint density at radius 3 is 2.66 bits per heavy atom. The van der Waals surface area contributed by atoms with E-state index in [4.69, 9.17) is 26.2 Å². The van der Waals surface area contributed by atoms with Gasteiger partial charge in [0.05, 0.1) is 0 Å². The summed E-state index contributed by atoms with van der Waals surface area (Å²) in [5.41, 5.74) is 3.73. The van der Waals surface area contributed by atoms with E-state index in [0.717, 1.165) is 48.7 Å². The number of ether oxygens (including phenoxy) is 1. The van der Waals surface area contributed by atoms with E-state index in [-0.39, 0.29) is 6.47 Å². The molecule has 2 heterocycles. The van der Waals surface area contributed by atoms with Crippen molar-refractivity contribution in [1.82, 2.24) is 10.3 Å². The van der Waals surface area contributed by atoms with Crippen molar-refractivity contribution < 1.29 is 14.6 Å². The predicted molar refractivity (Wildman–Crippen MR) is 115 cm³/mol. The first kappa shape index (κ1) is 21.6. The lowest BCUT2D eigenvalue weighted by Crippen LogP contribution is -2.27. The van der Waals surface area contributed by atoms with Gasteiger partial charge in [-0.25, -0.2) is 4.98 Å². The Hall–Kier alpha value is -2.15. The van der Waals surface area contributed by atoms with E-state index >= 15 is 0 Å². The molecular formula is C22H28ClN3O3. The van der Waals surface area contributed by atoms with Crippen LogP contribution < -0.4 is 10.6 Å². The largest absolute Gasteiger partial charge is 0.483 e. The molecule has 1 aliphatic heterocycles. The lowest BCUT2D eigenvalue weighted by molar-refractivity contribution is -0.122. The summed E-state index contributed by atoms with van der Waals surface area (Å²) in [6.45, 7) is 3.53. The van der Waals surface area contributed by atoms with E-state index in [1.807, 2.05) is 30.5 Å². The van der Waals surface area contributed by atoms with Crippen LogP contribution in [0.5, 0.6) is 0 Å². The van der Waals surface area contributed by atoms with Crippen LogP contribution in [0.25, 0.3) is 0 Å². The van der Waals surface area contributed by atoms with E-state index in [0.29, 0.717) is 5.92 Å². The van der Waals surface area contributed by atoms with Gasteiger partial charge in [0.2, 0.25) is 0 Å². The predicted octanol–water partition coefficient (Wildman–Crippen LogP) is 4.57. The maximum absolute atomic E-state index is 8.36. The van der Waals surface area contributed by atoms with Gasteiger partial charge in [-0.1, -0.05) is 17.7 Å². The number of carbonyl (C=O) groups is 1. The Balaban J connectivity index is 0.000000755. The number of hydrogen-bond donors (Lipinski definition) is 3. The van der Waals surface area contributed by atoms with Crippen LogP contribution in [-0.2, 0) is 16.1 Å². The quantitative estimate of drug-likeness (QED) is 0.572. The fourth-order valence-electron chi connectivity index (χ4n) is 3.57. The summed E-state index contributed by atoms with van der Waals surface area (Å²) >= 11 is 6.07. The zero-order valence-electron chi connectivity index (χ0n) is 16.4. The van der Waals surface area contributed by atoms with Gasteiger partial charge in [0.15, 0.2) is 0 Å². The summed E-state index contributed by atoms with van der Waals surface area (Å²) in [5, 5.41) is 14.6. The molecule has 4 rings (SSSR count). The zero-order valence-corrected chi connectivity index (χ0v) is 17.2. The van der Waals surface area contributed by atoms with Crippen LogP contribution >= 0.6 is 11.6 Å². The standard InChI is InChI=1S/C21H26ClN3O.CH2O2/c22-18-2-1-3-19(10-18)25-21-11-20(16-4-5-16)17(14-24-21)13-23-12-15-6-8-26-9-7-15;2-1-3/h1-3,10-11,14-16,23H,4-9,12-13H2,(H,24,25);1H,(H,2,3). The molecule has 0 bridgehead atoms. The van der Waals surface area contributed by atoms with Crippen molar-refractivity contribution >= 4 is 29.6 Å². The average molecular weight is 418 g/mol. The molecule has 0 spiro atoms. The first-order valence-electron chi connectivity index (χ1n) is 10.1. The summed E-state index contributed by atoms with van der Waals surface area (Å²) < 4.78 is 5.44. The number of rotatable bonds is 7. The molecule has 0 atom stereocenters. The lowest BCUT2D eigenvalue weighted by Gasteiger charge is -2.22. The topological polar surface area (TPSA) is 83.5 Å². The van der Waals surface area contributed by atoms with Gasteiger partial charge in [0, 0.05) is 36.7 Å². The number of benzene rings is 1. The van der Waals surface area contributed by atoms with Crippen LogP contribution in [0.4, 0.5) is 11.5 Å². The minimum atomic E-state index is -0.250. The van der Waals surface area contributed by atoms with Crippen LogP contribution in [0.3, 0.4) is 0 Å². The molecule has 1 aromatic heterocycles. The number of nitrogens with zero attached hydrogens (tertiary/aromatic N) is 1. The summed E-state index contributed by atoms with van der Waals surface area (Å²) in [4.78, 5) is 13.0. The Bertz CT molecular complexity index is 793. The van der Waals surface area contributed by atoms with Crippen molar-refractivity contribution in [1.29, 1.82) is 0 Å². The van der Waals surface area contributed by atoms with Gasteiger partial charge in [-0.3, -0.25) is 4.79 Å². The first-order valence-corrected chi connectivity index (χ1v) is 10.4. The van der Waals surface area contributed by atoms with E-state index in [1.165, 1.54) is 36.8 Å². The SMILES string of the molecule is Clc1cccc(Nc2cc(C3CC3)c(CNCC3CCOCC3)cn2)c1.O=CO. The van der Waals surface area contributed by atoms with Gasteiger partial charge in [-0.05, 0) is 79.5 Å². The molecule has 1 aliphatic carbocycles. The molecular weight excluding hydrogens is 390 g/mol. The minimum Gasteiger partial charge on any atom is -0.483 e. The highest BCUT2D eigenvalue weighted by Crippen LogP contribution is 2.42. The number of hydrogen-bond acceptors (Lipinski definition) is 5. The number of halogens is 1.